The van der Waals surface area contributed by atoms with Gasteiger partial charge in [-0.15, -0.1) is 0 Å². The second kappa shape index (κ2) is 9.19. The van der Waals surface area contributed by atoms with E-state index in [1.807, 2.05) is 19.9 Å². The Balaban J connectivity index is 1.63. The second-order valence-corrected chi connectivity index (χ2v) is 8.93. The van der Waals surface area contributed by atoms with Gasteiger partial charge < -0.3 is 10.5 Å². The van der Waals surface area contributed by atoms with Crippen LogP contribution < -0.4 is 5.73 Å². The Labute approximate surface area is 201 Å². The number of aliphatic imine (C=N–C) groups is 1. The summed E-state index contributed by atoms with van der Waals surface area (Å²) in [6.07, 6.45) is 7.70. The molecule has 0 spiro atoms. The predicted octanol–water partition coefficient (Wildman–Crippen LogP) is 4.74. The molecule has 2 aromatic heterocycles. The van der Waals surface area contributed by atoms with Crippen LogP contribution in [-0.2, 0) is 4.74 Å². The molecular formula is C25H24ClFN6O. The minimum atomic E-state index is -0.484. The fraction of sp³-hybridized carbons (Fsp3) is 0.320. The average Bonchev–Trinajstić information content (AvgIpc) is 3.65. The van der Waals surface area contributed by atoms with Gasteiger partial charge in [0.25, 0.3) is 0 Å². The molecule has 7 nitrogen and oxygen atoms in total. The fourth-order valence-electron chi connectivity index (χ4n) is 3.74. The van der Waals surface area contributed by atoms with E-state index < -0.39 is 5.82 Å². The molecule has 9 heteroatoms. The Hall–Kier alpha value is -3.23. The highest BCUT2D eigenvalue weighted by Crippen LogP contribution is 2.32. The van der Waals surface area contributed by atoms with E-state index in [2.05, 4.69) is 15.0 Å². The summed E-state index contributed by atoms with van der Waals surface area (Å²) >= 11 is 5.98. The van der Waals surface area contributed by atoms with E-state index in [0.717, 1.165) is 35.4 Å². The standard InChI is InChI=1S/C25H24ClFN6O/c1-13-14(2)31-25-23(30-13)22(19-6-3-17(26)10-20(19)27)32-24(33-25)15-7-8-34-21(9-15)16(11-28)12-29-18-4-5-18/h3,6,9-12,18,21H,4-5,7-8,28H2,1-2H3/b16-11+,29-12?. The number of rotatable bonds is 5. The maximum Gasteiger partial charge on any atom is 0.182 e. The first kappa shape index (κ1) is 22.6. The van der Waals surface area contributed by atoms with E-state index in [9.17, 15) is 4.39 Å². The van der Waals surface area contributed by atoms with Gasteiger partial charge in [0.2, 0.25) is 0 Å². The number of fused-ring (bicyclic) bond motifs is 1. The summed E-state index contributed by atoms with van der Waals surface area (Å²) in [5, 5.41) is 0.307. The number of ether oxygens (including phenoxy) is 1. The molecule has 1 fully saturated rings. The topological polar surface area (TPSA) is 99.2 Å². The minimum Gasteiger partial charge on any atom is -0.404 e. The van der Waals surface area contributed by atoms with Crippen molar-refractivity contribution < 1.29 is 9.13 Å². The highest BCUT2D eigenvalue weighted by atomic mass is 35.5. The van der Waals surface area contributed by atoms with Crippen LogP contribution in [0, 0.1) is 19.7 Å². The van der Waals surface area contributed by atoms with Gasteiger partial charge in [0, 0.05) is 28.6 Å². The summed E-state index contributed by atoms with van der Waals surface area (Å²) in [5.74, 6) is -0.0276. The number of nitrogens with two attached hydrogens (primary N) is 1. The number of nitrogens with zero attached hydrogens (tertiary/aromatic N) is 5. The molecule has 1 unspecified atom stereocenters. The first-order valence-corrected chi connectivity index (χ1v) is 11.6. The molecule has 34 heavy (non-hydrogen) atoms. The number of aryl methyl sites for hydroxylation is 2. The molecule has 0 saturated heterocycles. The normalized spacial score (nSPS) is 19.1. The highest BCUT2D eigenvalue weighted by molar-refractivity contribution is 6.30. The molecule has 174 valence electrons. The Morgan fingerprint density at radius 1 is 1.18 bits per heavy atom. The number of hydrogen-bond acceptors (Lipinski definition) is 7. The molecule has 0 radical (unpaired) electrons. The van der Waals surface area contributed by atoms with Crippen LogP contribution >= 0.6 is 11.6 Å². The zero-order chi connectivity index (χ0) is 23.8. The van der Waals surface area contributed by atoms with Crippen molar-refractivity contribution in [3.63, 3.8) is 0 Å². The Morgan fingerprint density at radius 2 is 1.97 bits per heavy atom. The van der Waals surface area contributed by atoms with Gasteiger partial charge in [0.1, 0.15) is 23.1 Å². The Morgan fingerprint density at radius 3 is 2.71 bits per heavy atom. The summed E-state index contributed by atoms with van der Waals surface area (Å²) < 4.78 is 20.9. The third-order valence-corrected chi connectivity index (χ3v) is 6.17. The lowest BCUT2D eigenvalue weighted by Gasteiger charge is -2.22. The molecule has 1 aromatic carbocycles. The highest BCUT2D eigenvalue weighted by Gasteiger charge is 2.24. The molecule has 3 heterocycles. The maximum absolute atomic E-state index is 14.9. The summed E-state index contributed by atoms with van der Waals surface area (Å²) in [7, 11) is 0. The molecule has 3 aromatic rings. The Bertz CT molecular complexity index is 1370. The van der Waals surface area contributed by atoms with Crippen LogP contribution in [0.4, 0.5) is 4.39 Å². The van der Waals surface area contributed by atoms with Crippen molar-refractivity contribution in [2.45, 2.75) is 45.3 Å². The quantitative estimate of drug-likeness (QED) is 0.531. The molecule has 2 N–H and O–H groups in total. The molecule has 2 aliphatic rings. The van der Waals surface area contributed by atoms with Crippen LogP contribution in [-0.4, -0.2) is 44.9 Å². The molecule has 1 saturated carbocycles. The van der Waals surface area contributed by atoms with Gasteiger partial charge in [-0.1, -0.05) is 11.6 Å². The molecule has 0 amide bonds. The molecular weight excluding hydrogens is 455 g/mol. The molecule has 1 aliphatic heterocycles. The smallest absolute Gasteiger partial charge is 0.182 e. The second-order valence-electron chi connectivity index (χ2n) is 8.50. The van der Waals surface area contributed by atoms with Gasteiger partial charge in [0.05, 0.1) is 24.0 Å². The van der Waals surface area contributed by atoms with Crippen LogP contribution in [0.3, 0.4) is 0 Å². The number of aromatic nitrogens is 4. The van der Waals surface area contributed by atoms with E-state index in [1.54, 1.807) is 18.3 Å². The molecule has 0 bridgehead atoms. The van der Waals surface area contributed by atoms with E-state index in [-0.39, 0.29) is 6.10 Å². The van der Waals surface area contributed by atoms with E-state index in [0.29, 0.717) is 52.3 Å². The zero-order valence-electron chi connectivity index (χ0n) is 18.9. The van der Waals surface area contributed by atoms with Gasteiger partial charge in [-0.3, -0.25) is 4.99 Å². The first-order valence-electron chi connectivity index (χ1n) is 11.2. The zero-order valence-corrected chi connectivity index (χ0v) is 19.7. The van der Waals surface area contributed by atoms with Crippen LogP contribution in [0.2, 0.25) is 5.02 Å². The van der Waals surface area contributed by atoms with Crippen LogP contribution in [0.25, 0.3) is 28.0 Å². The maximum atomic E-state index is 14.9. The van der Waals surface area contributed by atoms with Crippen molar-refractivity contribution in [3.8, 4) is 11.3 Å². The third-order valence-electron chi connectivity index (χ3n) is 5.94. The van der Waals surface area contributed by atoms with Crippen molar-refractivity contribution in [2.75, 3.05) is 6.61 Å². The van der Waals surface area contributed by atoms with Crippen molar-refractivity contribution >= 4 is 34.6 Å². The van der Waals surface area contributed by atoms with E-state index in [4.69, 9.17) is 32.0 Å². The number of halogens is 2. The average molecular weight is 479 g/mol. The number of benzene rings is 1. The van der Waals surface area contributed by atoms with Crippen molar-refractivity contribution in [1.82, 2.24) is 19.9 Å². The largest absolute Gasteiger partial charge is 0.404 e. The third kappa shape index (κ3) is 4.56. The monoisotopic (exact) mass is 478 g/mol. The molecule has 5 rings (SSSR count). The SMILES string of the molecule is Cc1nc2nc(C3=CC(/C(C=NC4CC4)=C/N)OCC3)nc(-c3ccc(Cl)cc3F)c2nc1C. The Kier molecular flexibility index (Phi) is 6.10. The van der Waals surface area contributed by atoms with Gasteiger partial charge >= 0.3 is 0 Å². The molecule has 1 aliphatic carbocycles. The lowest BCUT2D eigenvalue weighted by Crippen LogP contribution is -2.21. The van der Waals surface area contributed by atoms with Gasteiger partial charge in [-0.2, -0.15) is 0 Å². The van der Waals surface area contributed by atoms with Crippen molar-refractivity contribution in [3.05, 3.63) is 64.1 Å². The van der Waals surface area contributed by atoms with Crippen LogP contribution in [0.1, 0.15) is 36.5 Å². The minimum absolute atomic E-state index is 0.291. The number of hydrogen-bond donors (Lipinski definition) is 1. The first-order chi connectivity index (χ1) is 16.4. The fourth-order valence-corrected chi connectivity index (χ4v) is 3.90. The van der Waals surface area contributed by atoms with E-state index >= 15 is 0 Å². The summed E-state index contributed by atoms with van der Waals surface area (Å²) in [6.45, 7) is 4.19. The van der Waals surface area contributed by atoms with Crippen molar-refractivity contribution in [1.29, 1.82) is 0 Å². The predicted molar refractivity (Wildman–Crippen MR) is 131 cm³/mol. The van der Waals surface area contributed by atoms with Gasteiger partial charge in [0.15, 0.2) is 11.5 Å². The lowest BCUT2D eigenvalue weighted by molar-refractivity contribution is 0.109. The van der Waals surface area contributed by atoms with Crippen LogP contribution in [0.15, 0.2) is 41.0 Å². The van der Waals surface area contributed by atoms with E-state index in [1.165, 1.54) is 12.3 Å². The van der Waals surface area contributed by atoms with Gasteiger partial charge in [-0.25, -0.2) is 24.3 Å². The lowest BCUT2D eigenvalue weighted by atomic mass is 10.0. The summed E-state index contributed by atoms with van der Waals surface area (Å²) in [4.78, 5) is 23.2. The van der Waals surface area contributed by atoms with Gasteiger partial charge in [-0.05, 0) is 63.0 Å². The van der Waals surface area contributed by atoms with Crippen LogP contribution in [0.5, 0.6) is 0 Å². The molecule has 1 atom stereocenters. The summed E-state index contributed by atoms with van der Waals surface area (Å²) in [5.41, 5.74) is 10.5. The van der Waals surface area contributed by atoms with Crippen molar-refractivity contribution in [2.24, 2.45) is 10.7 Å². The summed E-state index contributed by atoms with van der Waals surface area (Å²) in [6, 6.07) is 4.88.